The van der Waals surface area contributed by atoms with Crippen LogP contribution in [0.2, 0.25) is 10.0 Å². The van der Waals surface area contributed by atoms with Crippen LogP contribution in [0.3, 0.4) is 0 Å². The third-order valence-electron chi connectivity index (χ3n) is 4.63. The van der Waals surface area contributed by atoms with Gasteiger partial charge >= 0.3 is 5.97 Å². The summed E-state index contributed by atoms with van der Waals surface area (Å²) in [7, 11) is -0.773. The van der Waals surface area contributed by atoms with Gasteiger partial charge in [-0.2, -0.15) is 0 Å². The van der Waals surface area contributed by atoms with Crippen LogP contribution in [0.5, 0.6) is 0 Å². The van der Waals surface area contributed by atoms with Crippen LogP contribution < -0.4 is 5.32 Å². The summed E-state index contributed by atoms with van der Waals surface area (Å²) in [4.78, 5) is 17.1. The lowest BCUT2D eigenvalue weighted by atomic mass is 10.1. The predicted molar refractivity (Wildman–Crippen MR) is 124 cm³/mol. The smallest absolute Gasteiger partial charge is 0.337 e. The summed E-state index contributed by atoms with van der Waals surface area (Å²) in [6.07, 6.45) is 1.76. The number of carboxylic acid groups (broad SMARTS) is 1. The first kappa shape index (κ1) is 21.4. The summed E-state index contributed by atoms with van der Waals surface area (Å²) in [6.45, 7) is 1.40. The summed E-state index contributed by atoms with van der Waals surface area (Å²) in [6, 6.07) is 10.1. The van der Waals surface area contributed by atoms with Gasteiger partial charge in [-0.3, -0.25) is 9.19 Å². The summed E-state index contributed by atoms with van der Waals surface area (Å²) in [5.74, 6) is 0.176. The molecule has 156 valence electrons. The highest BCUT2D eigenvalue weighted by Crippen LogP contribution is 2.38. The largest absolute Gasteiger partial charge is 0.478 e. The van der Waals surface area contributed by atoms with Gasteiger partial charge in [-0.05, 0) is 48.3 Å². The molecule has 30 heavy (non-hydrogen) atoms. The molecule has 1 saturated heterocycles. The van der Waals surface area contributed by atoms with Crippen molar-refractivity contribution in [1.29, 1.82) is 0 Å². The van der Waals surface area contributed by atoms with Gasteiger partial charge in [-0.25, -0.2) is 9.10 Å². The lowest BCUT2D eigenvalue weighted by Gasteiger charge is -2.26. The van der Waals surface area contributed by atoms with Crippen LogP contribution in [0.1, 0.15) is 10.4 Å². The molecule has 2 N–H and O–H groups in total. The number of hydrogen-bond acceptors (Lipinski definition) is 6. The van der Waals surface area contributed by atoms with Crippen molar-refractivity contribution in [3.63, 3.8) is 0 Å². The van der Waals surface area contributed by atoms with Crippen LogP contribution in [0, 0.1) is 0 Å². The predicted octanol–water partition coefficient (Wildman–Crippen LogP) is 5.05. The zero-order valence-electron chi connectivity index (χ0n) is 15.6. The molecule has 0 aliphatic carbocycles. The van der Waals surface area contributed by atoms with E-state index in [9.17, 15) is 14.1 Å². The SMILES string of the molecule is O=C(O)c1cc(Cl)ccc1Nc1c(SN2CCS(=O)CC2)cnc2ccc(Cl)cc12. The van der Waals surface area contributed by atoms with Gasteiger partial charge in [0.25, 0.3) is 0 Å². The highest BCUT2D eigenvalue weighted by molar-refractivity contribution is 7.97. The van der Waals surface area contributed by atoms with Gasteiger partial charge in [-0.15, -0.1) is 0 Å². The second-order valence-corrected chi connectivity index (χ2v) is 10.4. The molecule has 0 spiro atoms. The topological polar surface area (TPSA) is 82.5 Å². The van der Waals surface area contributed by atoms with E-state index in [2.05, 4.69) is 14.6 Å². The van der Waals surface area contributed by atoms with Gasteiger partial charge in [-0.1, -0.05) is 23.2 Å². The fourth-order valence-corrected chi connectivity index (χ4v) is 5.76. The zero-order chi connectivity index (χ0) is 21.3. The van der Waals surface area contributed by atoms with Crippen molar-refractivity contribution in [1.82, 2.24) is 9.29 Å². The van der Waals surface area contributed by atoms with E-state index in [0.717, 1.165) is 15.8 Å². The third kappa shape index (κ3) is 4.73. The lowest BCUT2D eigenvalue weighted by Crippen LogP contribution is -2.32. The molecule has 4 rings (SSSR count). The average Bonchev–Trinajstić information content (AvgIpc) is 2.72. The molecule has 0 bridgehead atoms. The van der Waals surface area contributed by atoms with Crippen LogP contribution in [-0.4, -0.2) is 49.2 Å². The molecule has 0 radical (unpaired) electrons. The Morgan fingerprint density at radius 3 is 2.57 bits per heavy atom. The molecule has 10 heteroatoms. The molecule has 2 heterocycles. The van der Waals surface area contributed by atoms with Crippen LogP contribution in [0.25, 0.3) is 10.9 Å². The Hall–Kier alpha value is -1.84. The second-order valence-electron chi connectivity index (χ2n) is 6.65. The fraction of sp³-hybridized carbons (Fsp3) is 0.200. The van der Waals surface area contributed by atoms with E-state index in [4.69, 9.17) is 23.2 Å². The number of aromatic carboxylic acids is 1. The minimum Gasteiger partial charge on any atom is -0.478 e. The molecule has 0 unspecified atom stereocenters. The first-order valence-electron chi connectivity index (χ1n) is 9.07. The molecule has 6 nitrogen and oxygen atoms in total. The molecule has 0 amide bonds. The maximum atomic E-state index is 11.7. The zero-order valence-corrected chi connectivity index (χ0v) is 18.7. The first-order valence-corrected chi connectivity index (χ1v) is 12.1. The average molecular weight is 482 g/mol. The summed E-state index contributed by atoms with van der Waals surface area (Å²) >= 11 is 13.7. The number of fused-ring (bicyclic) bond motifs is 1. The standard InChI is InChI=1S/C20H17Cl2N3O3S2/c21-12-1-3-16-14(9-12)19(24-17-4-2-13(22)10-15(17)20(26)27)18(11-23-16)29-25-5-7-30(28)8-6-25/h1-4,9-11H,5-8H2,(H,23,24)(H,26,27). The molecule has 1 aliphatic rings. The lowest BCUT2D eigenvalue weighted by molar-refractivity contribution is 0.0698. The van der Waals surface area contributed by atoms with Crippen molar-refractivity contribution in [2.24, 2.45) is 0 Å². The van der Waals surface area contributed by atoms with Crippen molar-refractivity contribution in [2.75, 3.05) is 29.9 Å². The Morgan fingerprint density at radius 2 is 1.83 bits per heavy atom. The Labute approximate surface area is 190 Å². The minimum absolute atomic E-state index is 0.0683. The molecule has 1 aliphatic heterocycles. The van der Waals surface area contributed by atoms with Crippen molar-refractivity contribution in [3.8, 4) is 0 Å². The Balaban J connectivity index is 1.79. The minimum atomic E-state index is -1.08. The quantitative estimate of drug-likeness (QED) is 0.492. The van der Waals surface area contributed by atoms with Gasteiger partial charge < -0.3 is 10.4 Å². The molecule has 3 aromatic rings. The molecule has 1 fully saturated rings. The molecule has 0 saturated carbocycles. The monoisotopic (exact) mass is 481 g/mol. The maximum absolute atomic E-state index is 11.7. The second kappa shape index (κ2) is 9.11. The molecular formula is C20H17Cl2N3O3S2. The highest BCUT2D eigenvalue weighted by Gasteiger charge is 2.20. The van der Waals surface area contributed by atoms with Gasteiger partial charge in [0, 0.05) is 57.0 Å². The van der Waals surface area contributed by atoms with E-state index >= 15 is 0 Å². The fourth-order valence-electron chi connectivity index (χ4n) is 3.13. The van der Waals surface area contributed by atoms with E-state index in [1.165, 1.54) is 18.0 Å². The number of carbonyl (C=O) groups is 1. The molecule has 1 aromatic heterocycles. The number of pyridine rings is 1. The number of nitrogens with zero attached hydrogens (tertiary/aromatic N) is 2. The van der Waals surface area contributed by atoms with E-state index in [0.29, 0.717) is 46.0 Å². The first-order chi connectivity index (χ1) is 14.4. The summed E-state index contributed by atoms with van der Waals surface area (Å²) in [5, 5.41) is 14.6. The van der Waals surface area contributed by atoms with Crippen LogP contribution in [0.4, 0.5) is 11.4 Å². The number of nitrogens with one attached hydrogen (secondary N) is 1. The summed E-state index contributed by atoms with van der Waals surface area (Å²) in [5.41, 5.74) is 1.93. The molecule has 0 atom stereocenters. The van der Waals surface area contributed by atoms with Crippen molar-refractivity contribution in [3.05, 3.63) is 58.2 Å². The molecular weight excluding hydrogens is 465 g/mol. The Kier molecular flexibility index (Phi) is 6.50. The maximum Gasteiger partial charge on any atom is 0.337 e. The number of carboxylic acids is 1. The highest BCUT2D eigenvalue weighted by atomic mass is 35.5. The van der Waals surface area contributed by atoms with Crippen LogP contribution >= 0.6 is 35.1 Å². The van der Waals surface area contributed by atoms with Crippen LogP contribution in [0.15, 0.2) is 47.5 Å². The van der Waals surface area contributed by atoms with E-state index < -0.39 is 16.8 Å². The van der Waals surface area contributed by atoms with Crippen LogP contribution in [-0.2, 0) is 10.8 Å². The van der Waals surface area contributed by atoms with E-state index in [-0.39, 0.29) is 5.56 Å². The number of rotatable bonds is 5. The van der Waals surface area contributed by atoms with E-state index in [1.54, 1.807) is 30.5 Å². The number of hydrogen-bond donors (Lipinski definition) is 2. The third-order valence-corrected chi connectivity index (χ3v) is 7.51. The Morgan fingerprint density at radius 1 is 1.13 bits per heavy atom. The van der Waals surface area contributed by atoms with Crippen molar-refractivity contribution in [2.45, 2.75) is 4.90 Å². The molecule has 2 aromatic carbocycles. The number of aromatic nitrogens is 1. The number of benzene rings is 2. The van der Waals surface area contributed by atoms with Gasteiger partial charge in [0.2, 0.25) is 0 Å². The number of anilines is 2. The van der Waals surface area contributed by atoms with Gasteiger partial charge in [0.05, 0.1) is 27.4 Å². The van der Waals surface area contributed by atoms with E-state index in [1.807, 2.05) is 6.07 Å². The van der Waals surface area contributed by atoms with Crippen molar-refractivity contribution < 1.29 is 14.1 Å². The van der Waals surface area contributed by atoms with Crippen molar-refractivity contribution >= 4 is 74.2 Å². The number of halogens is 2. The van der Waals surface area contributed by atoms with Gasteiger partial charge in [0.1, 0.15) is 0 Å². The normalized spacial score (nSPS) is 15.4. The van der Waals surface area contributed by atoms with Gasteiger partial charge in [0.15, 0.2) is 0 Å². The summed E-state index contributed by atoms with van der Waals surface area (Å²) < 4.78 is 13.8. The Bertz CT molecular complexity index is 1150.